The minimum absolute atomic E-state index is 0.0989. The molecule has 0 radical (unpaired) electrons. The first-order valence-electron chi connectivity index (χ1n) is 12.0. The van der Waals surface area contributed by atoms with E-state index < -0.39 is 17.5 Å². The largest absolute Gasteiger partial charge is 0.507 e. The molecule has 35 heavy (non-hydrogen) atoms. The number of ether oxygens (including phenoxy) is 1. The first-order valence-corrected chi connectivity index (χ1v) is 12.0. The van der Waals surface area contributed by atoms with Crippen molar-refractivity contribution in [3.05, 3.63) is 83.4 Å². The molecule has 0 unspecified atom stereocenters. The molecule has 1 fully saturated rings. The van der Waals surface area contributed by atoms with Gasteiger partial charge in [0, 0.05) is 0 Å². The Kier molecular flexibility index (Phi) is 7.22. The van der Waals surface area contributed by atoms with Crippen LogP contribution >= 0.6 is 0 Å². The lowest BCUT2D eigenvalue weighted by Gasteiger charge is -2.23. The highest BCUT2D eigenvalue weighted by atomic mass is 16.6. The number of hydrogen-bond acceptors (Lipinski definition) is 5. The van der Waals surface area contributed by atoms with Crippen molar-refractivity contribution in [2.45, 2.75) is 45.1 Å². The fraction of sp³-hybridized carbons (Fsp3) is 0.310. The van der Waals surface area contributed by atoms with Crippen molar-refractivity contribution in [1.82, 2.24) is 5.32 Å². The van der Waals surface area contributed by atoms with Gasteiger partial charge in [-0.15, -0.1) is 0 Å². The van der Waals surface area contributed by atoms with Crippen LogP contribution in [0.2, 0.25) is 0 Å². The molecule has 0 aromatic heterocycles. The number of hydrogen-bond donors (Lipinski definition) is 3. The van der Waals surface area contributed by atoms with E-state index in [1.54, 1.807) is 45.0 Å². The Morgan fingerprint density at radius 1 is 0.914 bits per heavy atom. The molecule has 1 heterocycles. The number of rotatable bonds is 5. The molecule has 0 atom stereocenters. The van der Waals surface area contributed by atoms with E-state index in [9.17, 15) is 14.7 Å². The van der Waals surface area contributed by atoms with Crippen molar-refractivity contribution in [2.24, 2.45) is 0 Å². The smallest absolute Gasteiger partial charge is 0.340 e. The van der Waals surface area contributed by atoms with Crippen molar-refractivity contribution in [3.63, 3.8) is 0 Å². The predicted octanol–water partition coefficient (Wildman–Crippen LogP) is 5.73. The van der Waals surface area contributed by atoms with Gasteiger partial charge in [0.1, 0.15) is 11.4 Å². The standard InChI is InChI=1S/C29H32N2O4/c1-29(2,3)35-28(34)23-11-9-22(19-7-5-4-6-8-19)18-25(23)31-27(33)24-17-21(10-12-26(24)32)20-13-15-30-16-14-20/h4-12,17-18,20,30,32H,13-16H2,1-3H3,(H,31,33). The highest BCUT2D eigenvalue weighted by Gasteiger charge is 2.24. The van der Waals surface area contributed by atoms with E-state index >= 15 is 0 Å². The normalized spacial score (nSPS) is 14.4. The maximum Gasteiger partial charge on any atom is 0.340 e. The average Bonchev–Trinajstić information content (AvgIpc) is 2.84. The molecule has 1 aliphatic rings. The molecule has 0 bridgehead atoms. The van der Waals surface area contributed by atoms with Crippen molar-refractivity contribution < 1.29 is 19.4 Å². The quantitative estimate of drug-likeness (QED) is 0.413. The van der Waals surface area contributed by atoms with Crippen LogP contribution in [0.1, 0.15) is 65.8 Å². The fourth-order valence-corrected chi connectivity index (χ4v) is 4.30. The zero-order valence-electron chi connectivity index (χ0n) is 20.4. The summed E-state index contributed by atoms with van der Waals surface area (Å²) in [6, 6.07) is 20.2. The predicted molar refractivity (Wildman–Crippen MR) is 138 cm³/mol. The lowest BCUT2D eigenvalue weighted by molar-refractivity contribution is 0.00708. The molecule has 1 saturated heterocycles. The maximum absolute atomic E-state index is 13.3. The van der Waals surface area contributed by atoms with Gasteiger partial charge >= 0.3 is 5.97 Å². The Hall–Kier alpha value is -3.64. The summed E-state index contributed by atoms with van der Waals surface area (Å²) in [5.41, 5.74) is 2.91. The lowest BCUT2D eigenvalue weighted by Crippen LogP contribution is -2.27. The topological polar surface area (TPSA) is 87.7 Å². The Labute approximate surface area is 206 Å². The number of carbonyl (C=O) groups is 2. The number of amides is 1. The van der Waals surface area contributed by atoms with E-state index in [2.05, 4.69) is 10.6 Å². The molecule has 0 spiro atoms. The second kappa shape index (κ2) is 10.3. The van der Waals surface area contributed by atoms with E-state index in [0.29, 0.717) is 11.6 Å². The van der Waals surface area contributed by atoms with E-state index in [0.717, 1.165) is 42.6 Å². The van der Waals surface area contributed by atoms with E-state index in [-0.39, 0.29) is 16.9 Å². The summed E-state index contributed by atoms with van der Waals surface area (Å²) in [5, 5.41) is 16.7. The average molecular weight is 473 g/mol. The van der Waals surface area contributed by atoms with E-state index in [1.807, 2.05) is 42.5 Å². The van der Waals surface area contributed by atoms with Gasteiger partial charge in [0.25, 0.3) is 5.91 Å². The number of carbonyl (C=O) groups excluding carboxylic acids is 2. The molecule has 1 aliphatic heterocycles. The van der Waals surface area contributed by atoms with Crippen molar-refractivity contribution in [3.8, 4) is 16.9 Å². The Morgan fingerprint density at radius 3 is 2.31 bits per heavy atom. The minimum Gasteiger partial charge on any atom is -0.507 e. The van der Waals surface area contributed by atoms with Gasteiger partial charge in [0.05, 0.1) is 16.8 Å². The van der Waals surface area contributed by atoms with Crippen LogP contribution in [-0.2, 0) is 4.74 Å². The summed E-state index contributed by atoms with van der Waals surface area (Å²) >= 11 is 0. The zero-order valence-corrected chi connectivity index (χ0v) is 20.4. The molecular formula is C29H32N2O4. The van der Waals surface area contributed by atoms with Crippen molar-refractivity contribution >= 4 is 17.6 Å². The van der Waals surface area contributed by atoms with Gasteiger partial charge in [0.15, 0.2) is 0 Å². The van der Waals surface area contributed by atoms with Gasteiger partial charge in [-0.1, -0.05) is 42.5 Å². The Bertz CT molecular complexity index is 1210. The van der Waals surface area contributed by atoms with Crippen molar-refractivity contribution in [1.29, 1.82) is 0 Å². The molecule has 3 aromatic carbocycles. The third-order valence-corrected chi connectivity index (χ3v) is 6.07. The van der Waals surface area contributed by atoms with Gasteiger partial charge in [-0.05, 0) is 93.6 Å². The molecule has 0 aliphatic carbocycles. The zero-order chi connectivity index (χ0) is 25.0. The van der Waals surface area contributed by atoms with Gasteiger partial charge < -0.3 is 20.5 Å². The summed E-state index contributed by atoms with van der Waals surface area (Å²) in [7, 11) is 0. The molecule has 4 rings (SSSR count). The number of benzene rings is 3. The second-order valence-electron chi connectivity index (χ2n) is 9.88. The van der Waals surface area contributed by atoms with Crippen LogP contribution in [0.4, 0.5) is 5.69 Å². The number of phenols is 1. The lowest BCUT2D eigenvalue weighted by atomic mass is 9.89. The first-order chi connectivity index (χ1) is 16.7. The van der Waals surface area contributed by atoms with Gasteiger partial charge in [-0.3, -0.25) is 4.79 Å². The van der Waals surface area contributed by atoms with Crippen LogP contribution in [0, 0.1) is 0 Å². The first kappa shape index (κ1) is 24.5. The molecule has 3 N–H and O–H groups in total. The molecule has 3 aromatic rings. The number of esters is 1. The van der Waals surface area contributed by atoms with E-state index in [1.165, 1.54) is 0 Å². The number of nitrogens with one attached hydrogen (secondary N) is 2. The highest BCUT2D eigenvalue weighted by Crippen LogP contribution is 2.31. The summed E-state index contributed by atoms with van der Waals surface area (Å²) in [6.45, 7) is 7.25. The SMILES string of the molecule is CC(C)(C)OC(=O)c1ccc(-c2ccccc2)cc1NC(=O)c1cc(C2CCNCC2)ccc1O. The minimum atomic E-state index is -0.683. The van der Waals surface area contributed by atoms with E-state index in [4.69, 9.17) is 4.74 Å². The summed E-state index contributed by atoms with van der Waals surface area (Å²) in [5.74, 6) is -0.770. The van der Waals surface area contributed by atoms with Crippen LogP contribution in [0.15, 0.2) is 66.7 Å². The third kappa shape index (κ3) is 6.08. The molecular weight excluding hydrogens is 440 g/mol. The third-order valence-electron chi connectivity index (χ3n) is 6.07. The number of phenolic OH excluding ortho intramolecular Hbond substituents is 1. The van der Waals surface area contributed by atoms with Crippen LogP contribution in [0.5, 0.6) is 5.75 Å². The molecule has 6 heteroatoms. The number of piperidine rings is 1. The van der Waals surface area contributed by atoms with Crippen molar-refractivity contribution in [2.75, 3.05) is 18.4 Å². The van der Waals surface area contributed by atoms with Gasteiger partial charge in [-0.25, -0.2) is 4.79 Å². The number of anilines is 1. The summed E-state index contributed by atoms with van der Waals surface area (Å²) in [4.78, 5) is 26.3. The second-order valence-corrected chi connectivity index (χ2v) is 9.88. The Morgan fingerprint density at radius 2 is 1.63 bits per heavy atom. The monoisotopic (exact) mass is 472 g/mol. The maximum atomic E-state index is 13.3. The Balaban J connectivity index is 1.68. The number of aromatic hydroxyl groups is 1. The van der Waals surface area contributed by atoms with Crippen LogP contribution in [-0.4, -0.2) is 35.7 Å². The van der Waals surface area contributed by atoms with Gasteiger partial charge in [0.2, 0.25) is 0 Å². The fourth-order valence-electron chi connectivity index (χ4n) is 4.30. The molecule has 6 nitrogen and oxygen atoms in total. The van der Waals surface area contributed by atoms with Crippen LogP contribution in [0.3, 0.4) is 0 Å². The van der Waals surface area contributed by atoms with Crippen LogP contribution in [0.25, 0.3) is 11.1 Å². The summed E-state index contributed by atoms with van der Waals surface area (Å²) < 4.78 is 5.57. The van der Waals surface area contributed by atoms with Gasteiger partial charge in [-0.2, -0.15) is 0 Å². The molecule has 182 valence electrons. The molecule has 0 saturated carbocycles. The summed E-state index contributed by atoms with van der Waals surface area (Å²) in [6.07, 6.45) is 1.96. The van der Waals surface area contributed by atoms with Crippen LogP contribution < -0.4 is 10.6 Å². The highest BCUT2D eigenvalue weighted by molar-refractivity contribution is 6.10. The molecule has 1 amide bonds.